The predicted octanol–water partition coefficient (Wildman–Crippen LogP) is 5.85. The van der Waals surface area contributed by atoms with Gasteiger partial charge in [-0.1, -0.05) is 103 Å². The third kappa shape index (κ3) is 7.00. The number of benzene rings is 3. The fraction of sp³-hybridized carbons (Fsp3) is 0.286. The van der Waals surface area contributed by atoms with E-state index in [0.717, 1.165) is 11.1 Å². The molecule has 0 N–H and O–H groups in total. The molecule has 6 heteroatoms. The van der Waals surface area contributed by atoms with E-state index in [-0.39, 0.29) is 17.0 Å². The molecular formula is C28H34O4SSi. The summed E-state index contributed by atoms with van der Waals surface area (Å²) in [5.41, 5.74) is 2.12. The molecule has 0 aliphatic rings. The molecule has 0 bridgehead atoms. The Bertz CT molecular complexity index is 1140. The van der Waals surface area contributed by atoms with E-state index in [1.54, 1.807) is 24.3 Å². The van der Waals surface area contributed by atoms with E-state index in [1.165, 1.54) is 5.19 Å². The smallest absolute Gasteiger partial charge is 0.297 e. The van der Waals surface area contributed by atoms with Gasteiger partial charge in [-0.3, -0.25) is 4.18 Å². The van der Waals surface area contributed by atoms with E-state index in [1.807, 2.05) is 61.5 Å². The van der Waals surface area contributed by atoms with E-state index in [4.69, 9.17) is 8.92 Å². The van der Waals surface area contributed by atoms with Gasteiger partial charge in [0, 0.05) is 0 Å². The molecule has 2 unspecified atom stereocenters. The lowest BCUT2D eigenvalue weighted by atomic mass is 10.2. The van der Waals surface area contributed by atoms with E-state index < -0.39 is 24.3 Å². The molecule has 0 aliphatic heterocycles. The van der Waals surface area contributed by atoms with Crippen molar-refractivity contribution >= 4 is 23.4 Å². The zero-order valence-corrected chi connectivity index (χ0v) is 22.0. The van der Waals surface area contributed by atoms with Crippen molar-refractivity contribution in [3.8, 4) is 0 Å². The van der Waals surface area contributed by atoms with Crippen molar-refractivity contribution in [3.05, 3.63) is 109 Å². The minimum absolute atomic E-state index is 0.105. The lowest BCUT2D eigenvalue weighted by Gasteiger charge is -2.33. The van der Waals surface area contributed by atoms with Gasteiger partial charge in [-0.05, 0) is 36.6 Å². The largest absolute Gasteiger partial charge is 0.374 e. The van der Waals surface area contributed by atoms with Gasteiger partial charge in [0.2, 0.25) is 0 Å². The summed E-state index contributed by atoms with van der Waals surface area (Å²) < 4.78 is 37.9. The fourth-order valence-corrected chi connectivity index (χ4v) is 8.00. The molecule has 0 radical (unpaired) electrons. The Morgan fingerprint density at radius 1 is 0.912 bits per heavy atom. The maximum atomic E-state index is 13.1. The highest BCUT2D eigenvalue weighted by Gasteiger charge is 2.35. The maximum absolute atomic E-state index is 13.1. The molecule has 0 fully saturated rings. The van der Waals surface area contributed by atoms with Gasteiger partial charge in [-0.15, -0.1) is 6.58 Å². The molecule has 0 aromatic heterocycles. The quantitative estimate of drug-likeness (QED) is 0.180. The number of hydrogen-bond acceptors (Lipinski definition) is 4. The highest BCUT2D eigenvalue weighted by Crippen LogP contribution is 2.30. The number of hydrogen-bond donors (Lipinski definition) is 0. The van der Waals surface area contributed by atoms with Crippen molar-refractivity contribution in [2.75, 3.05) is 6.61 Å². The second kappa shape index (κ2) is 11.8. The molecule has 0 spiro atoms. The zero-order chi connectivity index (χ0) is 24.6. The summed E-state index contributed by atoms with van der Waals surface area (Å²) in [7, 11) is -5.92. The van der Waals surface area contributed by atoms with Crippen LogP contribution in [0.25, 0.3) is 0 Å². The molecule has 4 nitrogen and oxygen atoms in total. The van der Waals surface area contributed by atoms with Gasteiger partial charge in [-0.25, -0.2) is 0 Å². The second-order valence-electron chi connectivity index (χ2n) is 9.15. The molecule has 0 saturated heterocycles. The van der Waals surface area contributed by atoms with Gasteiger partial charge in [0.05, 0.1) is 26.2 Å². The number of aryl methyl sites for hydroxylation is 1. The summed E-state index contributed by atoms with van der Waals surface area (Å²) in [6.07, 6.45) is 1.83. The molecule has 3 aromatic carbocycles. The maximum Gasteiger partial charge on any atom is 0.297 e. The molecule has 0 aliphatic carbocycles. The molecule has 3 aromatic rings. The highest BCUT2D eigenvalue weighted by atomic mass is 32.2. The van der Waals surface area contributed by atoms with Gasteiger partial charge < -0.3 is 4.74 Å². The number of ether oxygens (including phenoxy) is 1. The van der Waals surface area contributed by atoms with Gasteiger partial charge in [-0.2, -0.15) is 8.42 Å². The summed E-state index contributed by atoms with van der Waals surface area (Å²) in [4.78, 5) is 0.154. The number of rotatable bonds is 12. The second-order valence-corrected chi connectivity index (χ2v) is 15.5. The van der Waals surface area contributed by atoms with Crippen molar-refractivity contribution < 1.29 is 17.3 Å². The van der Waals surface area contributed by atoms with Crippen LogP contribution < -0.4 is 5.19 Å². The Balaban J connectivity index is 1.80. The summed E-state index contributed by atoms with van der Waals surface area (Å²) in [5.74, 6) is 0. The molecule has 34 heavy (non-hydrogen) atoms. The molecule has 0 saturated carbocycles. The van der Waals surface area contributed by atoms with Gasteiger partial charge in [0.15, 0.2) is 0 Å². The average Bonchev–Trinajstić information content (AvgIpc) is 2.83. The summed E-state index contributed by atoms with van der Waals surface area (Å²) in [5, 5.41) is 1.30. The Hall–Kier alpha value is -2.51. The number of allylic oxidation sites excluding steroid dienone is 1. The zero-order valence-electron chi connectivity index (χ0n) is 20.2. The standard InChI is InChI=1S/C28H34O4SSi/c1-5-27(34(3,4)28-14-10-7-11-15-28)20-25(22-31-21-24-12-8-6-9-13-24)32-33(29,30)26-18-16-23(2)17-19-26/h5-19,25,27H,1,20-22H2,2-4H3. The summed E-state index contributed by atoms with van der Waals surface area (Å²) in [6.45, 7) is 11.1. The predicted molar refractivity (Wildman–Crippen MR) is 141 cm³/mol. The first kappa shape index (κ1) is 26.1. The van der Waals surface area contributed by atoms with Gasteiger partial charge in [0.25, 0.3) is 10.1 Å². The van der Waals surface area contributed by atoms with Crippen LogP contribution in [0.4, 0.5) is 0 Å². The van der Waals surface area contributed by atoms with Crippen LogP contribution in [0.3, 0.4) is 0 Å². The molecule has 0 amide bonds. The Kier molecular flexibility index (Phi) is 9.02. The third-order valence-electron chi connectivity index (χ3n) is 6.23. The van der Waals surface area contributed by atoms with Gasteiger partial charge >= 0.3 is 0 Å². The monoisotopic (exact) mass is 494 g/mol. The molecule has 2 atom stereocenters. The first-order chi connectivity index (χ1) is 16.2. The summed E-state index contributed by atoms with van der Waals surface area (Å²) >= 11 is 0. The normalized spacial score (nSPS) is 13.9. The topological polar surface area (TPSA) is 52.6 Å². The third-order valence-corrected chi connectivity index (χ3v) is 11.8. The van der Waals surface area contributed by atoms with Crippen molar-refractivity contribution in [2.24, 2.45) is 0 Å². The van der Waals surface area contributed by atoms with Crippen molar-refractivity contribution in [1.29, 1.82) is 0 Å². The fourth-order valence-electron chi connectivity index (χ4n) is 4.01. The van der Waals surface area contributed by atoms with Crippen molar-refractivity contribution in [1.82, 2.24) is 0 Å². The van der Waals surface area contributed by atoms with Crippen LogP contribution in [0.1, 0.15) is 17.5 Å². The molecule has 180 valence electrons. The molecule has 3 rings (SSSR count). The van der Waals surface area contributed by atoms with Crippen LogP contribution in [-0.2, 0) is 25.6 Å². The van der Waals surface area contributed by atoms with E-state index >= 15 is 0 Å². The lowest BCUT2D eigenvalue weighted by molar-refractivity contribution is 0.0406. The minimum Gasteiger partial charge on any atom is -0.374 e. The van der Waals surface area contributed by atoms with E-state index in [2.05, 4.69) is 31.8 Å². The van der Waals surface area contributed by atoms with E-state index in [9.17, 15) is 8.42 Å². The van der Waals surface area contributed by atoms with Crippen LogP contribution in [0.15, 0.2) is 102 Å². The average molecular weight is 495 g/mol. The highest BCUT2D eigenvalue weighted by molar-refractivity contribution is 7.86. The van der Waals surface area contributed by atoms with Crippen LogP contribution in [0, 0.1) is 6.92 Å². The van der Waals surface area contributed by atoms with Crippen molar-refractivity contribution in [3.63, 3.8) is 0 Å². The first-order valence-electron chi connectivity index (χ1n) is 11.5. The minimum atomic E-state index is -3.93. The SMILES string of the molecule is C=CC(CC(COCc1ccccc1)OS(=O)(=O)c1ccc(C)cc1)[Si](C)(C)c1ccccc1. The van der Waals surface area contributed by atoms with Crippen LogP contribution in [-0.4, -0.2) is 29.2 Å². The van der Waals surface area contributed by atoms with Crippen LogP contribution >= 0.6 is 0 Å². The Morgan fingerprint density at radius 2 is 1.50 bits per heavy atom. The van der Waals surface area contributed by atoms with Crippen LogP contribution in [0.2, 0.25) is 18.6 Å². The van der Waals surface area contributed by atoms with Crippen molar-refractivity contribution in [2.45, 2.75) is 49.6 Å². The Morgan fingerprint density at radius 3 is 2.09 bits per heavy atom. The molecular weight excluding hydrogens is 460 g/mol. The lowest BCUT2D eigenvalue weighted by Crippen LogP contribution is -2.46. The Labute approximate surface area is 205 Å². The van der Waals surface area contributed by atoms with E-state index in [0.29, 0.717) is 13.0 Å². The summed E-state index contributed by atoms with van der Waals surface area (Å²) in [6, 6.07) is 26.9. The first-order valence-corrected chi connectivity index (χ1v) is 16.0. The molecule has 0 heterocycles. The van der Waals surface area contributed by atoms with Gasteiger partial charge in [0.1, 0.15) is 6.10 Å². The van der Waals surface area contributed by atoms with Crippen LogP contribution in [0.5, 0.6) is 0 Å².